The summed E-state index contributed by atoms with van der Waals surface area (Å²) in [5.74, 6) is 1.82. The van der Waals surface area contributed by atoms with Crippen molar-refractivity contribution in [2.75, 3.05) is 33.9 Å². The molecule has 2 aromatic rings. The zero-order chi connectivity index (χ0) is 18.2. The zero-order valence-corrected chi connectivity index (χ0v) is 15.9. The highest BCUT2D eigenvalue weighted by molar-refractivity contribution is 5.44. The van der Waals surface area contributed by atoms with Crippen LogP contribution < -0.4 is 14.8 Å². The number of likely N-dealkylation sites (tertiary alicyclic amines) is 1. The number of methoxy groups -OCH3 is 2. The van der Waals surface area contributed by atoms with Crippen molar-refractivity contribution >= 4 is 0 Å². The number of nitrogens with zero attached hydrogens (tertiary/aromatic N) is 1. The molecule has 140 valence electrons. The number of hydrogen-bond acceptors (Lipinski definition) is 4. The van der Waals surface area contributed by atoms with Crippen molar-refractivity contribution in [3.8, 4) is 11.5 Å². The Kier molecular flexibility index (Phi) is 6.92. The predicted octanol–water partition coefficient (Wildman–Crippen LogP) is 3.50. The van der Waals surface area contributed by atoms with Gasteiger partial charge in [-0.3, -0.25) is 4.90 Å². The summed E-state index contributed by atoms with van der Waals surface area (Å²) in [6.45, 7) is 4.13. The molecule has 4 nitrogen and oxygen atoms in total. The molecule has 0 unspecified atom stereocenters. The van der Waals surface area contributed by atoms with E-state index < -0.39 is 0 Å². The molecule has 4 heteroatoms. The summed E-state index contributed by atoms with van der Waals surface area (Å²) < 4.78 is 11.1. The fourth-order valence-electron chi connectivity index (χ4n) is 3.67. The van der Waals surface area contributed by atoms with Crippen LogP contribution in [0, 0.1) is 0 Å². The van der Waals surface area contributed by atoms with Crippen molar-refractivity contribution < 1.29 is 9.47 Å². The molecule has 3 rings (SSSR count). The van der Waals surface area contributed by atoms with E-state index >= 15 is 0 Å². The fourth-order valence-corrected chi connectivity index (χ4v) is 3.67. The first-order valence-corrected chi connectivity index (χ1v) is 9.49. The maximum Gasteiger partial charge on any atom is 0.127 e. The van der Waals surface area contributed by atoms with Gasteiger partial charge in [-0.1, -0.05) is 36.4 Å². The third kappa shape index (κ3) is 4.99. The van der Waals surface area contributed by atoms with E-state index in [1.54, 1.807) is 14.2 Å². The van der Waals surface area contributed by atoms with Crippen molar-refractivity contribution in [2.45, 2.75) is 31.8 Å². The molecule has 1 aliphatic heterocycles. The van der Waals surface area contributed by atoms with Gasteiger partial charge in [-0.25, -0.2) is 0 Å². The highest BCUT2D eigenvalue weighted by Gasteiger charge is 2.21. The van der Waals surface area contributed by atoms with Crippen molar-refractivity contribution in [1.82, 2.24) is 10.2 Å². The van der Waals surface area contributed by atoms with Crippen LogP contribution in [0.1, 0.15) is 24.0 Å². The minimum absolute atomic E-state index is 0.620. The molecular formula is C22H30N2O2. The lowest BCUT2D eigenvalue weighted by Crippen LogP contribution is -2.42. The molecular weight excluding hydrogens is 324 g/mol. The van der Waals surface area contributed by atoms with Crippen molar-refractivity contribution in [3.05, 3.63) is 59.7 Å². The van der Waals surface area contributed by atoms with E-state index in [1.807, 2.05) is 18.2 Å². The molecule has 0 atom stereocenters. The van der Waals surface area contributed by atoms with Crippen LogP contribution in [0.5, 0.6) is 11.5 Å². The van der Waals surface area contributed by atoms with E-state index in [0.29, 0.717) is 6.04 Å². The van der Waals surface area contributed by atoms with Crippen LogP contribution in [0.4, 0.5) is 0 Å². The maximum atomic E-state index is 5.53. The lowest BCUT2D eigenvalue weighted by atomic mass is 10.0. The molecule has 0 amide bonds. The number of benzene rings is 2. The average Bonchev–Trinajstić information content (AvgIpc) is 2.70. The largest absolute Gasteiger partial charge is 0.496 e. The van der Waals surface area contributed by atoms with Crippen molar-refractivity contribution in [3.63, 3.8) is 0 Å². The van der Waals surface area contributed by atoms with Crippen LogP contribution in [0.3, 0.4) is 0 Å². The molecule has 0 spiro atoms. The Labute approximate surface area is 157 Å². The van der Waals surface area contributed by atoms with Gasteiger partial charge >= 0.3 is 0 Å². The van der Waals surface area contributed by atoms with E-state index in [0.717, 1.165) is 49.7 Å². The Balaban J connectivity index is 1.45. The zero-order valence-electron chi connectivity index (χ0n) is 15.9. The Morgan fingerprint density at radius 3 is 2.19 bits per heavy atom. The van der Waals surface area contributed by atoms with Crippen LogP contribution in [0.2, 0.25) is 0 Å². The second-order valence-electron chi connectivity index (χ2n) is 6.88. The molecule has 0 radical (unpaired) electrons. The minimum Gasteiger partial charge on any atom is -0.496 e. The van der Waals surface area contributed by atoms with Gasteiger partial charge in [0.2, 0.25) is 0 Å². The highest BCUT2D eigenvalue weighted by Crippen LogP contribution is 2.30. The van der Waals surface area contributed by atoms with Gasteiger partial charge in [0.1, 0.15) is 11.5 Å². The van der Waals surface area contributed by atoms with E-state index in [-0.39, 0.29) is 0 Å². The van der Waals surface area contributed by atoms with Gasteiger partial charge in [0.05, 0.1) is 19.8 Å². The lowest BCUT2D eigenvalue weighted by molar-refractivity contribution is 0.187. The van der Waals surface area contributed by atoms with E-state index in [4.69, 9.17) is 9.47 Å². The summed E-state index contributed by atoms with van der Waals surface area (Å²) >= 11 is 0. The standard InChI is InChI=1S/C22H30N2O2/c1-25-21-9-6-10-22(26-2)20(21)17-24-15-12-19(13-16-24)23-14-11-18-7-4-3-5-8-18/h3-10,19,23H,11-17H2,1-2H3. The Morgan fingerprint density at radius 1 is 0.923 bits per heavy atom. The quantitative estimate of drug-likeness (QED) is 0.787. The van der Waals surface area contributed by atoms with Gasteiger partial charge < -0.3 is 14.8 Å². The highest BCUT2D eigenvalue weighted by atomic mass is 16.5. The monoisotopic (exact) mass is 354 g/mol. The molecule has 0 aliphatic carbocycles. The molecule has 1 aliphatic rings. The van der Waals surface area contributed by atoms with E-state index in [1.165, 1.54) is 18.4 Å². The van der Waals surface area contributed by atoms with Gasteiger partial charge in [0.25, 0.3) is 0 Å². The summed E-state index contributed by atoms with van der Waals surface area (Å²) in [6.07, 6.45) is 3.47. The summed E-state index contributed by atoms with van der Waals surface area (Å²) in [5, 5.41) is 3.72. The molecule has 26 heavy (non-hydrogen) atoms. The number of piperidine rings is 1. The van der Waals surface area contributed by atoms with E-state index in [2.05, 4.69) is 40.5 Å². The second kappa shape index (κ2) is 9.60. The van der Waals surface area contributed by atoms with Gasteiger partial charge in [-0.05, 0) is 56.6 Å². The molecule has 1 saturated heterocycles. The molecule has 0 saturated carbocycles. The van der Waals surface area contributed by atoms with Crippen LogP contribution in [0.25, 0.3) is 0 Å². The number of ether oxygens (including phenoxy) is 2. The maximum absolute atomic E-state index is 5.53. The molecule has 0 bridgehead atoms. The number of nitrogens with one attached hydrogen (secondary N) is 1. The smallest absolute Gasteiger partial charge is 0.127 e. The third-order valence-corrected chi connectivity index (χ3v) is 5.19. The van der Waals surface area contributed by atoms with Crippen LogP contribution in [0.15, 0.2) is 48.5 Å². The molecule has 1 heterocycles. The molecule has 1 fully saturated rings. The van der Waals surface area contributed by atoms with Crippen LogP contribution >= 0.6 is 0 Å². The summed E-state index contributed by atoms with van der Waals surface area (Å²) in [6, 6.07) is 17.3. The van der Waals surface area contributed by atoms with Crippen LogP contribution in [-0.2, 0) is 13.0 Å². The second-order valence-corrected chi connectivity index (χ2v) is 6.88. The number of hydrogen-bond donors (Lipinski definition) is 1. The SMILES string of the molecule is COc1cccc(OC)c1CN1CCC(NCCc2ccccc2)CC1. The number of rotatable bonds is 8. The van der Waals surface area contributed by atoms with Crippen molar-refractivity contribution in [2.24, 2.45) is 0 Å². The summed E-state index contributed by atoms with van der Waals surface area (Å²) in [7, 11) is 3.45. The van der Waals surface area contributed by atoms with Gasteiger partial charge in [-0.15, -0.1) is 0 Å². The van der Waals surface area contributed by atoms with Crippen LogP contribution in [-0.4, -0.2) is 44.8 Å². The molecule has 1 N–H and O–H groups in total. The van der Waals surface area contributed by atoms with E-state index in [9.17, 15) is 0 Å². The predicted molar refractivity (Wildman–Crippen MR) is 106 cm³/mol. The van der Waals surface area contributed by atoms with Crippen molar-refractivity contribution in [1.29, 1.82) is 0 Å². The normalized spacial score (nSPS) is 15.8. The average molecular weight is 354 g/mol. The first-order valence-electron chi connectivity index (χ1n) is 9.49. The van der Waals surface area contributed by atoms with Gasteiger partial charge in [0, 0.05) is 12.6 Å². The fraction of sp³-hybridized carbons (Fsp3) is 0.455. The topological polar surface area (TPSA) is 33.7 Å². The first kappa shape index (κ1) is 18.7. The van der Waals surface area contributed by atoms with Gasteiger partial charge in [-0.2, -0.15) is 0 Å². The third-order valence-electron chi connectivity index (χ3n) is 5.19. The Bertz CT molecular complexity index is 645. The minimum atomic E-state index is 0.620. The summed E-state index contributed by atoms with van der Waals surface area (Å²) in [5.41, 5.74) is 2.55. The lowest BCUT2D eigenvalue weighted by Gasteiger charge is -2.33. The Hall–Kier alpha value is -2.04. The Morgan fingerprint density at radius 2 is 1.58 bits per heavy atom. The molecule has 0 aromatic heterocycles. The molecule has 2 aromatic carbocycles. The van der Waals surface area contributed by atoms with Gasteiger partial charge in [0.15, 0.2) is 0 Å². The first-order chi connectivity index (χ1) is 12.8. The summed E-state index contributed by atoms with van der Waals surface area (Å²) in [4.78, 5) is 2.50.